The van der Waals surface area contributed by atoms with Crippen molar-refractivity contribution < 1.29 is 4.74 Å². The van der Waals surface area contributed by atoms with Crippen LogP contribution in [-0.4, -0.2) is 17.1 Å². The summed E-state index contributed by atoms with van der Waals surface area (Å²) in [7, 11) is 1.63. The summed E-state index contributed by atoms with van der Waals surface area (Å²) < 4.78 is 5.74. The molecule has 0 spiro atoms. The SMILES string of the molecule is COc1ccc(-c2nc(Br)cnc2N)cc1. The standard InChI is InChI=1S/C11H10BrN3O/c1-16-8-4-2-7(3-5-8)10-11(13)14-6-9(12)15-10/h2-6H,1H3,(H2,13,14). The van der Waals surface area contributed by atoms with Crippen LogP contribution in [0.25, 0.3) is 11.3 Å². The smallest absolute Gasteiger partial charge is 0.150 e. The number of anilines is 1. The van der Waals surface area contributed by atoms with E-state index in [1.54, 1.807) is 13.3 Å². The minimum atomic E-state index is 0.411. The Morgan fingerprint density at radius 1 is 1.25 bits per heavy atom. The van der Waals surface area contributed by atoms with Crippen molar-refractivity contribution in [3.8, 4) is 17.0 Å². The highest BCUT2D eigenvalue weighted by Crippen LogP contribution is 2.25. The molecule has 0 fully saturated rings. The van der Waals surface area contributed by atoms with Gasteiger partial charge in [0.05, 0.1) is 13.3 Å². The van der Waals surface area contributed by atoms with E-state index in [1.807, 2.05) is 24.3 Å². The quantitative estimate of drug-likeness (QED) is 0.918. The van der Waals surface area contributed by atoms with E-state index in [9.17, 15) is 0 Å². The van der Waals surface area contributed by atoms with Gasteiger partial charge in [-0.2, -0.15) is 0 Å². The van der Waals surface area contributed by atoms with Crippen LogP contribution in [0.2, 0.25) is 0 Å². The van der Waals surface area contributed by atoms with Crippen LogP contribution in [0.3, 0.4) is 0 Å². The number of rotatable bonds is 2. The predicted octanol–water partition coefficient (Wildman–Crippen LogP) is 2.50. The van der Waals surface area contributed by atoms with Crippen LogP contribution in [0.15, 0.2) is 35.1 Å². The van der Waals surface area contributed by atoms with E-state index in [1.165, 1.54) is 0 Å². The molecule has 2 aromatic rings. The first-order chi connectivity index (χ1) is 7.70. The van der Waals surface area contributed by atoms with Crippen LogP contribution >= 0.6 is 15.9 Å². The van der Waals surface area contributed by atoms with Gasteiger partial charge in [0.2, 0.25) is 0 Å². The van der Waals surface area contributed by atoms with Gasteiger partial charge in [0, 0.05) is 5.56 Å². The molecule has 0 aliphatic carbocycles. The minimum absolute atomic E-state index is 0.411. The molecule has 0 saturated heterocycles. The molecule has 0 aliphatic heterocycles. The van der Waals surface area contributed by atoms with Crippen molar-refractivity contribution in [3.63, 3.8) is 0 Å². The third kappa shape index (κ3) is 2.14. The van der Waals surface area contributed by atoms with Gasteiger partial charge in [0.15, 0.2) is 0 Å². The minimum Gasteiger partial charge on any atom is -0.497 e. The Hall–Kier alpha value is -1.62. The summed E-state index contributed by atoms with van der Waals surface area (Å²) in [6, 6.07) is 7.51. The van der Waals surface area contributed by atoms with Gasteiger partial charge in [0.25, 0.3) is 0 Å². The second-order valence-electron chi connectivity index (χ2n) is 3.16. The van der Waals surface area contributed by atoms with Crippen LogP contribution in [-0.2, 0) is 0 Å². The summed E-state index contributed by atoms with van der Waals surface area (Å²) in [6.07, 6.45) is 1.57. The number of hydrogen-bond acceptors (Lipinski definition) is 4. The number of ether oxygens (including phenoxy) is 1. The fourth-order valence-corrected chi connectivity index (χ4v) is 1.62. The monoisotopic (exact) mass is 279 g/mol. The molecule has 5 heteroatoms. The predicted molar refractivity (Wildman–Crippen MR) is 66.1 cm³/mol. The van der Waals surface area contributed by atoms with Crippen LogP contribution in [0.1, 0.15) is 0 Å². The van der Waals surface area contributed by atoms with Crippen LogP contribution < -0.4 is 10.5 Å². The van der Waals surface area contributed by atoms with E-state index < -0.39 is 0 Å². The molecule has 0 saturated carbocycles. The first-order valence-electron chi connectivity index (χ1n) is 4.63. The van der Waals surface area contributed by atoms with E-state index in [-0.39, 0.29) is 0 Å². The third-order valence-corrected chi connectivity index (χ3v) is 2.52. The highest BCUT2D eigenvalue weighted by molar-refractivity contribution is 9.10. The largest absolute Gasteiger partial charge is 0.497 e. The lowest BCUT2D eigenvalue weighted by Gasteiger charge is -2.05. The zero-order valence-electron chi connectivity index (χ0n) is 8.64. The van der Waals surface area contributed by atoms with Gasteiger partial charge in [-0.15, -0.1) is 0 Å². The second kappa shape index (κ2) is 4.49. The van der Waals surface area contributed by atoms with Crippen molar-refractivity contribution in [1.82, 2.24) is 9.97 Å². The fraction of sp³-hybridized carbons (Fsp3) is 0.0909. The molecule has 0 amide bonds. The summed E-state index contributed by atoms with van der Waals surface area (Å²) in [5.74, 6) is 1.21. The second-order valence-corrected chi connectivity index (χ2v) is 3.97. The van der Waals surface area contributed by atoms with Crippen molar-refractivity contribution >= 4 is 21.7 Å². The lowest BCUT2D eigenvalue weighted by molar-refractivity contribution is 0.415. The normalized spacial score (nSPS) is 10.1. The lowest BCUT2D eigenvalue weighted by Crippen LogP contribution is -1.97. The van der Waals surface area contributed by atoms with Crippen LogP contribution in [0.4, 0.5) is 5.82 Å². The zero-order chi connectivity index (χ0) is 11.5. The number of benzene rings is 1. The van der Waals surface area contributed by atoms with Gasteiger partial charge >= 0.3 is 0 Å². The number of nitrogens with two attached hydrogens (primary N) is 1. The highest BCUT2D eigenvalue weighted by Gasteiger charge is 2.06. The molecule has 1 aromatic carbocycles. The Labute approximate surface area is 102 Å². The molecule has 82 valence electrons. The maximum atomic E-state index is 5.77. The van der Waals surface area contributed by atoms with Crippen LogP contribution in [0.5, 0.6) is 5.75 Å². The number of halogens is 1. The molecule has 4 nitrogen and oxygen atoms in total. The molecule has 0 atom stereocenters. The van der Waals surface area contributed by atoms with Gasteiger partial charge < -0.3 is 10.5 Å². The van der Waals surface area contributed by atoms with Crippen molar-refractivity contribution in [3.05, 3.63) is 35.1 Å². The Bertz CT molecular complexity index is 499. The van der Waals surface area contributed by atoms with Gasteiger partial charge in [-0.3, -0.25) is 0 Å². The molecule has 0 radical (unpaired) electrons. The number of methoxy groups -OCH3 is 1. The van der Waals surface area contributed by atoms with Gasteiger partial charge in [-0.05, 0) is 40.2 Å². The van der Waals surface area contributed by atoms with Crippen molar-refractivity contribution in [1.29, 1.82) is 0 Å². The molecule has 1 heterocycles. The highest BCUT2D eigenvalue weighted by atomic mass is 79.9. The molecule has 2 N–H and O–H groups in total. The molecule has 0 aliphatic rings. The fourth-order valence-electron chi connectivity index (χ4n) is 1.34. The maximum Gasteiger partial charge on any atom is 0.150 e. The first kappa shape index (κ1) is 10.9. The molecular weight excluding hydrogens is 270 g/mol. The number of aromatic nitrogens is 2. The first-order valence-corrected chi connectivity index (χ1v) is 5.42. The van der Waals surface area contributed by atoms with Gasteiger partial charge in [0.1, 0.15) is 21.9 Å². The van der Waals surface area contributed by atoms with E-state index in [0.717, 1.165) is 11.3 Å². The zero-order valence-corrected chi connectivity index (χ0v) is 10.2. The Morgan fingerprint density at radius 2 is 1.94 bits per heavy atom. The molecule has 2 rings (SSSR count). The topological polar surface area (TPSA) is 61.0 Å². The molecule has 16 heavy (non-hydrogen) atoms. The Balaban J connectivity index is 2.45. The molecule has 0 bridgehead atoms. The Morgan fingerprint density at radius 3 is 2.56 bits per heavy atom. The van der Waals surface area contributed by atoms with Crippen LogP contribution in [0, 0.1) is 0 Å². The van der Waals surface area contributed by atoms with Crippen molar-refractivity contribution in [2.75, 3.05) is 12.8 Å². The Kier molecular flexibility index (Phi) is 3.05. The summed E-state index contributed by atoms with van der Waals surface area (Å²) in [6.45, 7) is 0. The molecule has 1 aromatic heterocycles. The average molecular weight is 280 g/mol. The van der Waals surface area contributed by atoms with E-state index >= 15 is 0 Å². The summed E-state index contributed by atoms with van der Waals surface area (Å²) in [5.41, 5.74) is 7.34. The average Bonchev–Trinajstić information content (AvgIpc) is 2.32. The number of nitrogen functional groups attached to an aromatic ring is 1. The van der Waals surface area contributed by atoms with E-state index in [4.69, 9.17) is 10.5 Å². The molecule has 0 unspecified atom stereocenters. The van der Waals surface area contributed by atoms with E-state index in [0.29, 0.717) is 16.1 Å². The van der Waals surface area contributed by atoms with Gasteiger partial charge in [-0.25, -0.2) is 9.97 Å². The summed E-state index contributed by atoms with van der Waals surface area (Å²) in [5, 5.41) is 0. The van der Waals surface area contributed by atoms with E-state index in [2.05, 4.69) is 25.9 Å². The number of hydrogen-bond donors (Lipinski definition) is 1. The third-order valence-electron chi connectivity index (χ3n) is 2.13. The van der Waals surface area contributed by atoms with Crippen molar-refractivity contribution in [2.45, 2.75) is 0 Å². The number of nitrogens with zero attached hydrogens (tertiary/aromatic N) is 2. The maximum absolute atomic E-state index is 5.77. The lowest BCUT2D eigenvalue weighted by atomic mass is 10.1. The van der Waals surface area contributed by atoms with Crippen molar-refractivity contribution in [2.24, 2.45) is 0 Å². The molecular formula is C11H10BrN3O. The summed E-state index contributed by atoms with van der Waals surface area (Å²) >= 11 is 3.27. The summed E-state index contributed by atoms with van der Waals surface area (Å²) in [4.78, 5) is 8.32. The van der Waals surface area contributed by atoms with Gasteiger partial charge in [-0.1, -0.05) is 0 Å².